The number of rotatable bonds is 5. The van der Waals surface area contributed by atoms with E-state index in [1.807, 2.05) is 0 Å². The number of hydrogen-bond acceptors (Lipinski definition) is 2. The van der Waals surface area contributed by atoms with Gasteiger partial charge < -0.3 is 10.4 Å². The van der Waals surface area contributed by atoms with E-state index in [4.69, 9.17) is 16.7 Å². The van der Waals surface area contributed by atoms with E-state index < -0.39 is 5.97 Å². The zero-order valence-electron chi connectivity index (χ0n) is 10.1. The molecule has 3 rings (SSSR count). The average Bonchev–Trinajstić information content (AvgIpc) is 3.19. The number of hydrogen-bond donors (Lipinski definition) is 2. The van der Waals surface area contributed by atoms with Crippen LogP contribution in [0, 0.1) is 11.3 Å². The van der Waals surface area contributed by atoms with E-state index in [-0.39, 0.29) is 5.56 Å². The number of carboxylic acids is 1. The molecule has 0 aliphatic heterocycles. The molecule has 4 heteroatoms. The van der Waals surface area contributed by atoms with E-state index in [9.17, 15) is 4.79 Å². The molecule has 0 unspecified atom stereocenters. The van der Waals surface area contributed by atoms with Gasteiger partial charge in [-0.3, -0.25) is 0 Å². The van der Waals surface area contributed by atoms with Crippen molar-refractivity contribution >= 4 is 23.3 Å². The van der Waals surface area contributed by atoms with Gasteiger partial charge in [0.05, 0.1) is 5.56 Å². The van der Waals surface area contributed by atoms with E-state index in [1.165, 1.54) is 31.7 Å². The Hall–Kier alpha value is -1.22. The lowest BCUT2D eigenvalue weighted by Gasteiger charge is -2.17. The van der Waals surface area contributed by atoms with Gasteiger partial charge in [0.1, 0.15) is 0 Å². The monoisotopic (exact) mass is 265 g/mol. The summed E-state index contributed by atoms with van der Waals surface area (Å²) in [7, 11) is 0. The van der Waals surface area contributed by atoms with E-state index >= 15 is 0 Å². The van der Waals surface area contributed by atoms with E-state index in [0.29, 0.717) is 16.1 Å². The van der Waals surface area contributed by atoms with Gasteiger partial charge in [-0.2, -0.15) is 0 Å². The summed E-state index contributed by atoms with van der Waals surface area (Å²) >= 11 is 5.83. The largest absolute Gasteiger partial charge is 0.478 e. The quantitative estimate of drug-likeness (QED) is 0.855. The molecule has 96 valence electrons. The first kappa shape index (κ1) is 11.8. The first-order chi connectivity index (χ1) is 8.61. The Labute approximate surface area is 111 Å². The van der Waals surface area contributed by atoms with Crippen LogP contribution in [0.1, 0.15) is 36.0 Å². The summed E-state index contributed by atoms with van der Waals surface area (Å²) in [6.07, 6.45) is 5.24. The van der Waals surface area contributed by atoms with Crippen LogP contribution in [0.15, 0.2) is 18.2 Å². The Morgan fingerprint density at radius 2 is 2.17 bits per heavy atom. The van der Waals surface area contributed by atoms with Crippen LogP contribution in [-0.2, 0) is 0 Å². The topological polar surface area (TPSA) is 49.3 Å². The number of halogens is 1. The lowest BCUT2D eigenvalue weighted by Crippen LogP contribution is -2.18. The minimum atomic E-state index is -0.934. The van der Waals surface area contributed by atoms with Gasteiger partial charge >= 0.3 is 5.97 Å². The zero-order valence-corrected chi connectivity index (χ0v) is 10.8. The number of benzene rings is 1. The smallest absolute Gasteiger partial charge is 0.337 e. The average molecular weight is 266 g/mol. The van der Waals surface area contributed by atoms with Crippen molar-refractivity contribution in [3.8, 4) is 0 Å². The number of aromatic carboxylic acids is 1. The van der Waals surface area contributed by atoms with Crippen LogP contribution < -0.4 is 5.32 Å². The second-order valence-electron chi connectivity index (χ2n) is 5.49. The number of anilines is 1. The fourth-order valence-corrected chi connectivity index (χ4v) is 2.88. The fourth-order valence-electron chi connectivity index (χ4n) is 2.70. The molecule has 2 saturated carbocycles. The predicted octanol–water partition coefficient (Wildman–Crippen LogP) is 3.64. The third-order valence-corrected chi connectivity index (χ3v) is 4.41. The fraction of sp³-hybridized carbons (Fsp3) is 0.500. The van der Waals surface area contributed by atoms with Gasteiger partial charge in [-0.25, -0.2) is 4.79 Å². The van der Waals surface area contributed by atoms with Crippen molar-refractivity contribution in [1.82, 2.24) is 0 Å². The van der Waals surface area contributed by atoms with Crippen molar-refractivity contribution < 1.29 is 9.90 Å². The first-order valence-electron chi connectivity index (χ1n) is 6.37. The third-order valence-electron chi connectivity index (χ3n) is 4.18. The van der Waals surface area contributed by atoms with Crippen LogP contribution in [0.4, 0.5) is 5.69 Å². The van der Waals surface area contributed by atoms with E-state index in [2.05, 4.69) is 5.32 Å². The van der Waals surface area contributed by atoms with Gasteiger partial charge in [0, 0.05) is 17.3 Å². The highest BCUT2D eigenvalue weighted by molar-refractivity contribution is 6.31. The first-order valence-corrected chi connectivity index (χ1v) is 6.75. The van der Waals surface area contributed by atoms with Gasteiger partial charge in [0.15, 0.2) is 0 Å². The van der Waals surface area contributed by atoms with Crippen LogP contribution in [0.25, 0.3) is 0 Å². The molecule has 0 atom stereocenters. The summed E-state index contributed by atoms with van der Waals surface area (Å²) in [5.74, 6) is -0.0677. The highest BCUT2D eigenvalue weighted by Gasteiger charge is 2.53. The minimum absolute atomic E-state index is 0.258. The maximum absolute atomic E-state index is 11.2. The minimum Gasteiger partial charge on any atom is -0.478 e. The molecule has 18 heavy (non-hydrogen) atoms. The molecule has 2 aliphatic carbocycles. The van der Waals surface area contributed by atoms with Gasteiger partial charge in [0.2, 0.25) is 0 Å². The van der Waals surface area contributed by atoms with Crippen LogP contribution in [-0.4, -0.2) is 17.6 Å². The molecule has 0 spiro atoms. The molecule has 2 fully saturated rings. The van der Waals surface area contributed by atoms with Gasteiger partial charge in [-0.1, -0.05) is 11.6 Å². The maximum Gasteiger partial charge on any atom is 0.337 e. The summed E-state index contributed by atoms with van der Waals surface area (Å²) in [5.41, 5.74) is 1.39. The molecule has 0 heterocycles. The van der Waals surface area contributed by atoms with Crippen molar-refractivity contribution in [2.24, 2.45) is 11.3 Å². The Morgan fingerprint density at radius 3 is 2.72 bits per heavy atom. The van der Waals surface area contributed by atoms with E-state index in [1.54, 1.807) is 12.1 Å². The van der Waals surface area contributed by atoms with Crippen LogP contribution in [0.3, 0.4) is 0 Å². The molecule has 0 amide bonds. The highest BCUT2D eigenvalue weighted by atomic mass is 35.5. The lowest BCUT2D eigenvalue weighted by molar-refractivity contribution is 0.0698. The summed E-state index contributed by atoms with van der Waals surface area (Å²) in [6, 6.07) is 4.99. The Balaban J connectivity index is 1.74. The number of nitrogens with one attached hydrogen (secondary N) is 1. The van der Waals surface area contributed by atoms with E-state index in [0.717, 1.165) is 12.5 Å². The van der Waals surface area contributed by atoms with Crippen molar-refractivity contribution in [3.63, 3.8) is 0 Å². The van der Waals surface area contributed by atoms with Gasteiger partial charge in [-0.15, -0.1) is 0 Å². The molecule has 0 radical (unpaired) electrons. The standard InChI is InChI=1S/C14H16ClNO2/c15-10-3-4-12(11(7-10)13(17)18)16-8-14(5-6-14)9-1-2-9/h3-4,7,9,16H,1-2,5-6,8H2,(H,17,18). The summed E-state index contributed by atoms with van der Waals surface area (Å²) in [5, 5.41) is 12.9. The third kappa shape index (κ3) is 2.19. The SMILES string of the molecule is O=C(O)c1cc(Cl)ccc1NCC1(C2CC2)CC1. The Morgan fingerprint density at radius 1 is 1.44 bits per heavy atom. The highest BCUT2D eigenvalue weighted by Crippen LogP contribution is 2.61. The second kappa shape index (κ2) is 4.16. The molecule has 2 N–H and O–H groups in total. The summed E-state index contributed by atoms with van der Waals surface area (Å²) < 4.78 is 0. The van der Waals surface area contributed by atoms with Crippen molar-refractivity contribution in [2.45, 2.75) is 25.7 Å². The van der Waals surface area contributed by atoms with Crippen molar-refractivity contribution in [3.05, 3.63) is 28.8 Å². The van der Waals surface area contributed by atoms with Crippen molar-refractivity contribution in [2.75, 3.05) is 11.9 Å². The van der Waals surface area contributed by atoms with Crippen molar-refractivity contribution in [1.29, 1.82) is 0 Å². The second-order valence-corrected chi connectivity index (χ2v) is 5.92. The van der Waals surface area contributed by atoms with Gasteiger partial charge in [-0.05, 0) is 55.2 Å². The number of carboxylic acid groups (broad SMARTS) is 1. The maximum atomic E-state index is 11.2. The molecule has 1 aromatic carbocycles. The molecule has 1 aromatic rings. The normalized spacial score (nSPS) is 20.5. The molecular weight excluding hydrogens is 250 g/mol. The van der Waals surface area contributed by atoms with Crippen LogP contribution >= 0.6 is 11.6 Å². The van der Waals surface area contributed by atoms with Crippen LogP contribution in [0.5, 0.6) is 0 Å². The molecular formula is C14H16ClNO2. The summed E-state index contributed by atoms with van der Waals surface area (Å²) in [4.78, 5) is 11.2. The predicted molar refractivity (Wildman–Crippen MR) is 71.3 cm³/mol. The van der Waals surface area contributed by atoms with Crippen LogP contribution in [0.2, 0.25) is 5.02 Å². The Kier molecular flexibility index (Phi) is 2.74. The molecule has 0 aromatic heterocycles. The molecule has 3 nitrogen and oxygen atoms in total. The molecule has 0 saturated heterocycles. The van der Waals surface area contributed by atoms with Gasteiger partial charge in [0.25, 0.3) is 0 Å². The Bertz CT molecular complexity index is 493. The molecule has 0 bridgehead atoms. The molecule has 2 aliphatic rings. The zero-order chi connectivity index (χ0) is 12.8. The lowest BCUT2D eigenvalue weighted by atomic mass is 10.0. The summed E-state index contributed by atoms with van der Waals surface area (Å²) in [6.45, 7) is 0.888. The number of carbonyl (C=O) groups is 1.